The van der Waals surface area contributed by atoms with E-state index in [1.54, 1.807) is 32.0 Å². The summed E-state index contributed by atoms with van der Waals surface area (Å²) in [6, 6.07) is 21.0. The van der Waals surface area contributed by atoms with Crippen LogP contribution >= 0.6 is 15.9 Å². The van der Waals surface area contributed by atoms with Gasteiger partial charge in [0.05, 0.1) is 24.6 Å². The minimum Gasteiger partial charge on any atom is -0.465 e. The molecule has 2 aliphatic heterocycles. The van der Waals surface area contributed by atoms with Crippen molar-refractivity contribution in [1.82, 2.24) is 30.8 Å². The Morgan fingerprint density at radius 2 is 1.15 bits per heavy atom. The van der Waals surface area contributed by atoms with Crippen LogP contribution in [-0.4, -0.2) is 103 Å². The standard InChI is InChI=1S/C25H26F3N3O4.C14H17N3O.C11H10BrF3O3.CH4/c1-2-34-24(33)22(17-6-10-19(11-7-17)35-25(26,27)28)31-14-12-16(13-15-31)20-4-3-5-21(30-20)23(32)29-18-8-9-18;18-14(16-11-4-5-11)13-3-1-2-12(17-13)10-6-8-15-9-7-10;1-2-17-10(16)9(12)7-3-5-8(6-4-7)18-11(13,14)15;/h3-7,10-12,18,22H,2,8-9,13-15H2,1H3,(H,29,32);1-3,6,11,15H,4-5,7-9H2,(H,16,18);3-6,9H,2H2,1H3;1H4. The van der Waals surface area contributed by atoms with Gasteiger partial charge in [-0.05, 0) is 130 Å². The molecule has 14 nitrogen and oxygen atoms in total. The SMILES string of the molecule is C.CCOC(=O)C(Br)c1ccc(OC(F)(F)F)cc1.CCOC(=O)C(c1ccc(OC(F)(F)F)cc1)N1CC=C(c2cccc(C(=O)NC3CC3)n2)CC1.O=C(NC1CC1)c1cccc(C2=CCNCC2)n1. The number of ether oxygens (including phenoxy) is 4. The van der Waals surface area contributed by atoms with E-state index in [1.165, 1.54) is 42.0 Å². The number of amides is 2. The topological polar surface area (TPSA) is 170 Å². The molecule has 0 bridgehead atoms. The van der Waals surface area contributed by atoms with Gasteiger partial charge in [-0.25, -0.2) is 14.8 Å². The molecular formula is C51H57BrF6N6O8. The van der Waals surface area contributed by atoms with Gasteiger partial charge in [0.15, 0.2) is 0 Å². The van der Waals surface area contributed by atoms with Gasteiger partial charge in [-0.3, -0.25) is 19.3 Å². The van der Waals surface area contributed by atoms with E-state index in [1.807, 2.05) is 29.2 Å². The molecule has 72 heavy (non-hydrogen) atoms. The molecule has 2 amide bonds. The zero-order valence-electron chi connectivity index (χ0n) is 38.8. The molecule has 2 unspecified atom stereocenters. The van der Waals surface area contributed by atoms with Crippen LogP contribution in [0.25, 0.3) is 11.1 Å². The number of nitrogens with one attached hydrogen (secondary N) is 3. The number of halogens is 7. The highest BCUT2D eigenvalue weighted by molar-refractivity contribution is 9.09. The van der Waals surface area contributed by atoms with Crippen molar-refractivity contribution in [2.24, 2.45) is 0 Å². The average Bonchev–Trinajstić information content (AvgIpc) is 4.31. The zero-order chi connectivity index (χ0) is 51.1. The van der Waals surface area contributed by atoms with Crippen molar-refractivity contribution < 1.29 is 64.5 Å². The number of aromatic nitrogens is 2. The highest BCUT2D eigenvalue weighted by atomic mass is 79.9. The predicted octanol–water partition coefficient (Wildman–Crippen LogP) is 9.84. The van der Waals surface area contributed by atoms with Gasteiger partial charge in [-0.1, -0.05) is 71.9 Å². The summed E-state index contributed by atoms with van der Waals surface area (Å²) in [7, 11) is 0. The first-order valence-corrected chi connectivity index (χ1v) is 23.9. The van der Waals surface area contributed by atoms with Gasteiger partial charge >= 0.3 is 24.7 Å². The van der Waals surface area contributed by atoms with Gasteiger partial charge < -0.3 is 34.9 Å². The molecule has 2 fully saturated rings. The van der Waals surface area contributed by atoms with E-state index < -0.39 is 35.5 Å². The lowest BCUT2D eigenvalue weighted by atomic mass is 9.99. The second-order valence-electron chi connectivity index (χ2n) is 16.5. The Hall–Kier alpha value is -6.32. The lowest BCUT2D eigenvalue weighted by Crippen LogP contribution is -2.38. The number of alkyl halides is 7. The maximum atomic E-state index is 12.8. The van der Waals surface area contributed by atoms with Gasteiger partial charge in [-0.2, -0.15) is 0 Å². The third-order valence-corrected chi connectivity index (χ3v) is 11.9. The van der Waals surface area contributed by atoms with Crippen molar-refractivity contribution in [2.45, 2.75) is 95.5 Å². The molecule has 0 saturated heterocycles. The molecule has 8 rings (SSSR count). The van der Waals surface area contributed by atoms with Crippen LogP contribution in [0.4, 0.5) is 26.3 Å². The molecule has 2 aromatic heterocycles. The van der Waals surface area contributed by atoms with Crippen molar-refractivity contribution in [3.8, 4) is 11.5 Å². The molecule has 388 valence electrons. The first-order valence-electron chi connectivity index (χ1n) is 23.0. The fourth-order valence-electron chi connectivity index (χ4n) is 7.22. The Morgan fingerprint density at radius 3 is 1.57 bits per heavy atom. The van der Waals surface area contributed by atoms with Crippen LogP contribution in [0, 0.1) is 0 Å². The summed E-state index contributed by atoms with van der Waals surface area (Å²) < 4.78 is 90.9. The van der Waals surface area contributed by atoms with Gasteiger partial charge in [0.25, 0.3) is 11.8 Å². The fraction of sp³-hybridized carbons (Fsp3) is 0.412. The second-order valence-corrected chi connectivity index (χ2v) is 17.4. The average molecular weight is 1080 g/mol. The first kappa shape index (κ1) is 56.6. The predicted molar refractivity (Wildman–Crippen MR) is 260 cm³/mol. The molecule has 4 heterocycles. The molecule has 3 N–H and O–H groups in total. The summed E-state index contributed by atoms with van der Waals surface area (Å²) in [5.41, 5.74) is 5.71. The van der Waals surface area contributed by atoms with E-state index in [-0.39, 0.29) is 50.0 Å². The van der Waals surface area contributed by atoms with Crippen LogP contribution in [-0.2, 0) is 19.1 Å². The summed E-state index contributed by atoms with van der Waals surface area (Å²) >= 11 is 3.10. The Labute approximate surface area is 422 Å². The summed E-state index contributed by atoms with van der Waals surface area (Å²) in [6.07, 6.45) is 0.308. The van der Waals surface area contributed by atoms with E-state index >= 15 is 0 Å². The largest absolute Gasteiger partial charge is 0.573 e. The molecular weight excluding hydrogens is 1020 g/mol. The van der Waals surface area contributed by atoms with Crippen LogP contribution in [0.1, 0.15) is 114 Å². The smallest absolute Gasteiger partial charge is 0.465 e. The number of esters is 2. The van der Waals surface area contributed by atoms with Crippen LogP contribution in [0.2, 0.25) is 0 Å². The number of rotatable bonds is 15. The molecule has 2 aromatic carbocycles. The number of pyridine rings is 2. The Balaban J connectivity index is 0.000000219. The molecule has 4 aromatic rings. The van der Waals surface area contributed by atoms with Crippen molar-refractivity contribution >= 4 is 50.8 Å². The highest BCUT2D eigenvalue weighted by Gasteiger charge is 2.34. The molecule has 0 radical (unpaired) electrons. The Bertz CT molecular complexity index is 2520. The second kappa shape index (κ2) is 26.4. The minimum atomic E-state index is -4.79. The number of nitrogens with zero attached hydrogens (tertiary/aromatic N) is 3. The minimum absolute atomic E-state index is 0. The molecule has 2 atom stereocenters. The van der Waals surface area contributed by atoms with Crippen molar-refractivity contribution in [1.29, 1.82) is 0 Å². The highest BCUT2D eigenvalue weighted by Crippen LogP contribution is 2.32. The fourth-order valence-corrected chi connectivity index (χ4v) is 7.66. The van der Waals surface area contributed by atoms with Gasteiger partial charge in [0.2, 0.25) is 0 Å². The van der Waals surface area contributed by atoms with Gasteiger partial charge in [0.1, 0.15) is 33.8 Å². The summed E-state index contributed by atoms with van der Waals surface area (Å²) in [4.78, 5) is 58.6. The third-order valence-electron chi connectivity index (χ3n) is 11.0. The quantitative estimate of drug-likeness (QED) is 0.0586. The normalized spacial score (nSPS) is 16.5. The molecule has 0 spiro atoms. The number of hydrogen-bond acceptors (Lipinski definition) is 12. The molecule has 4 aliphatic rings. The number of carbonyl (C=O) groups is 4. The molecule has 21 heteroatoms. The van der Waals surface area contributed by atoms with Crippen LogP contribution in [0.5, 0.6) is 11.5 Å². The zero-order valence-corrected chi connectivity index (χ0v) is 40.4. The maximum Gasteiger partial charge on any atom is 0.573 e. The van der Waals surface area contributed by atoms with Crippen molar-refractivity contribution in [3.63, 3.8) is 0 Å². The maximum absolute atomic E-state index is 12.8. The van der Waals surface area contributed by atoms with Crippen molar-refractivity contribution in [2.75, 3.05) is 39.4 Å². The lowest BCUT2D eigenvalue weighted by molar-refractivity contribution is -0.275. The van der Waals surface area contributed by atoms with E-state index in [0.717, 1.165) is 68.6 Å². The monoisotopic (exact) mass is 1070 g/mol. The Kier molecular flexibility index (Phi) is 20.7. The van der Waals surface area contributed by atoms with E-state index in [4.69, 9.17) is 9.47 Å². The number of benzene rings is 2. The van der Waals surface area contributed by atoms with Gasteiger partial charge in [0, 0.05) is 31.7 Å². The number of carbonyl (C=O) groups excluding carboxylic acids is 4. The summed E-state index contributed by atoms with van der Waals surface area (Å²) in [6.45, 7) is 6.53. The lowest BCUT2D eigenvalue weighted by Gasteiger charge is -2.32. The van der Waals surface area contributed by atoms with Crippen LogP contribution in [0.15, 0.2) is 97.1 Å². The molecule has 2 saturated carbocycles. The number of hydrogen-bond donors (Lipinski definition) is 3. The third kappa shape index (κ3) is 18.1. The van der Waals surface area contributed by atoms with Crippen LogP contribution in [0.3, 0.4) is 0 Å². The van der Waals surface area contributed by atoms with Crippen molar-refractivity contribution in [3.05, 3.63) is 131 Å². The van der Waals surface area contributed by atoms with Gasteiger partial charge in [-0.15, -0.1) is 26.3 Å². The van der Waals surface area contributed by atoms with E-state index in [0.29, 0.717) is 53.8 Å². The van der Waals surface area contributed by atoms with Crippen LogP contribution < -0.4 is 25.4 Å². The van der Waals surface area contributed by atoms with E-state index in [2.05, 4.69) is 57.4 Å². The summed E-state index contributed by atoms with van der Waals surface area (Å²) in [5, 5.41) is 9.17. The Morgan fingerprint density at radius 1 is 0.681 bits per heavy atom. The molecule has 2 aliphatic carbocycles. The summed E-state index contributed by atoms with van der Waals surface area (Å²) in [5.74, 6) is -1.91. The first-order chi connectivity index (χ1) is 33.9. The van der Waals surface area contributed by atoms with E-state index in [9.17, 15) is 45.5 Å².